The van der Waals surface area contributed by atoms with Crippen LogP contribution in [0.1, 0.15) is 57.0 Å². The number of phenolic OH excluding ortho intramolecular Hbond substituents is 2. The van der Waals surface area contributed by atoms with E-state index < -0.39 is 17.6 Å². The van der Waals surface area contributed by atoms with E-state index in [1.807, 2.05) is 0 Å². The van der Waals surface area contributed by atoms with Gasteiger partial charge >= 0.3 is 0 Å². The number of aliphatic hydroxyl groups excluding tert-OH is 1. The number of Topliss-reactive ketones (excluding diaryl/α,β-unsaturated/α-hetero) is 2. The van der Waals surface area contributed by atoms with E-state index in [9.17, 15) is 30.0 Å². The molecule has 3 aliphatic carbocycles. The number of carbonyl (C=O) groups excluding carboxylic acids is 2. The molecule has 6 nitrogen and oxygen atoms in total. The summed E-state index contributed by atoms with van der Waals surface area (Å²) in [5.41, 5.74) is 0.496. The third-order valence-corrected chi connectivity index (χ3v) is 6.03. The maximum Gasteiger partial charge on any atom is 0.169 e. The van der Waals surface area contributed by atoms with E-state index in [0.29, 0.717) is 22.3 Å². The zero-order chi connectivity index (χ0) is 18.4. The van der Waals surface area contributed by atoms with Crippen molar-refractivity contribution in [2.45, 2.75) is 36.9 Å². The lowest BCUT2D eigenvalue weighted by Crippen LogP contribution is -2.49. The van der Waals surface area contributed by atoms with Gasteiger partial charge in [-0.1, -0.05) is 12.1 Å². The predicted octanol–water partition coefficient (Wildman–Crippen LogP) is 1.97. The molecular weight excluding hydrogens is 336 g/mol. The van der Waals surface area contributed by atoms with Crippen molar-refractivity contribution in [2.24, 2.45) is 0 Å². The minimum absolute atomic E-state index is 0.0289. The van der Waals surface area contributed by atoms with Crippen LogP contribution in [0.15, 0.2) is 24.3 Å². The lowest BCUT2D eigenvalue weighted by Gasteiger charge is -2.49. The van der Waals surface area contributed by atoms with Crippen LogP contribution in [0.2, 0.25) is 0 Å². The normalized spacial score (nSPS) is 28.5. The first kappa shape index (κ1) is 15.5. The summed E-state index contributed by atoms with van der Waals surface area (Å²) in [4.78, 5) is 24.9. The zero-order valence-electron chi connectivity index (χ0n) is 13.7. The average molecular weight is 352 g/mol. The molecule has 4 N–H and O–H groups in total. The fraction of sp³-hybridized carbons (Fsp3) is 0.300. The molecule has 0 aromatic heterocycles. The maximum absolute atomic E-state index is 12.5. The van der Waals surface area contributed by atoms with Crippen LogP contribution in [0.3, 0.4) is 0 Å². The Labute approximate surface area is 148 Å². The van der Waals surface area contributed by atoms with Gasteiger partial charge in [-0.2, -0.15) is 0 Å². The molecule has 6 heteroatoms. The van der Waals surface area contributed by atoms with Crippen molar-refractivity contribution in [3.05, 3.63) is 46.5 Å². The highest BCUT2D eigenvalue weighted by Gasteiger charge is 2.56. The summed E-state index contributed by atoms with van der Waals surface area (Å²) >= 11 is 0. The third-order valence-electron chi connectivity index (χ3n) is 6.03. The highest BCUT2D eigenvalue weighted by atomic mass is 16.3. The molecule has 26 heavy (non-hydrogen) atoms. The van der Waals surface area contributed by atoms with Crippen LogP contribution >= 0.6 is 0 Å². The van der Waals surface area contributed by atoms with Crippen molar-refractivity contribution >= 4 is 11.6 Å². The summed E-state index contributed by atoms with van der Waals surface area (Å²) in [5, 5.41) is 42.8. The molecule has 0 bridgehead atoms. The van der Waals surface area contributed by atoms with Crippen molar-refractivity contribution in [2.75, 3.05) is 0 Å². The second-order valence-electron chi connectivity index (χ2n) is 7.32. The Hall–Kier alpha value is -2.70. The van der Waals surface area contributed by atoms with Crippen molar-refractivity contribution in [1.82, 2.24) is 0 Å². The number of ketones is 2. The monoisotopic (exact) mass is 352 g/mol. The lowest BCUT2D eigenvalue weighted by molar-refractivity contribution is -0.0541. The first-order chi connectivity index (χ1) is 12.3. The molecule has 0 radical (unpaired) electrons. The molecule has 0 fully saturated rings. The largest absolute Gasteiger partial charge is 0.507 e. The minimum Gasteiger partial charge on any atom is -0.507 e. The van der Waals surface area contributed by atoms with Crippen LogP contribution in [0.5, 0.6) is 11.5 Å². The Morgan fingerprint density at radius 2 is 1.58 bits per heavy atom. The zero-order valence-corrected chi connectivity index (χ0v) is 13.7. The van der Waals surface area contributed by atoms with Gasteiger partial charge in [0.15, 0.2) is 11.6 Å². The van der Waals surface area contributed by atoms with Gasteiger partial charge in [0.05, 0.1) is 17.2 Å². The molecule has 0 amide bonds. The molecular formula is C20H16O6. The number of benzene rings is 2. The van der Waals surface area contributed by atoms with E-state index in [1.54, 1.807) is 12.1 Å². The molecule has 0 aliphatic heterocycles. The molecule has 0 heterocycles. The van der Waals surface area contributed by atoms with Crippen LogP contribution in [-0.2, 0) is 5.60 Å². The van der Waals surface area contributed by atoms with E-state index >= 15 is 0 Å². The van der Waals surface area contributed by atoms with Gasteiger partial charge in [-0.3, -0.25) is 9.59 Å². The van der Waals surface area contributed by atoms with Crippen LogP contribution in [0.4, 0.5) is 0 Å². The van der Waals surface area contributed by atoms with Gasteiger partial charge in [-0.25, -0.2) is 0 Å². The molecule has 2 aromatic carbocycles. The number of rotatable bonds is 0. The first-order valence-electron chi connectivity index (χ1n) is 8.54. The molecule has 3 atom stereocenters. The van der Waals surface area contributed by atoms with Gasteiger partial charge in [-0.15, -0.1) is 0 Å². The van der Waals surface area contributed by atoms with Crippen LogP contribution in [0, 0.1) is 0 Å². The minimum atomic E-state index is -1.59. The number of fused-ring (bicyclic) bond motifs is 2. The number of aliphatic hydroxyl groups is 2. The summed E-state index contributed by atoms with van der Waals surface area (Å²) in [5.74, 6) is -1.85. The molecule has 132 valence electrons. The quantitative estimate of drug-likeness (QED) is 0.576. The lowest BCUT2D eigenvalue weighted by atomic mass is 9.57. The van der Waals surface area contributed by atoms with Crippen LogP contribution in [0.25, 0.3) is 11.1 Å². The highest BCUT2D eigenvalue weighted by molar-refractivity contribution is 6.07. The molecule has 0 spiro atoms. The molecule has 0 unspecified atom stereocenters. The standard InChI is InChI=1S/C20H16O6/c21-10-3-1-8-9-2-4-11(22)17-12(23)5-6-20(26,18(9)17)19-14(25)7-13(24)16(10)15(8)19/h1-4,14,19,21-22,25-26H,5-7H2/t14-,19+,20-/m0/s1. The fourth-order valence-electron chi connectivity index (χ4n) is 5.03. The average Bonchev–Trinajstić information content (AvgIpc) is 2.58. The molecule has 5 rings (SSSR count). The predicted molar refractivity (Wildman–Crippen MR) is 90.4 cm³/mol. The molecule has 2 aromatic rings. The number of carbonyl (C=O) groups is 2. The topological polar surface area (TPSA) is 115 Å². The Kier molecular flexibility index (Phi) is 2.82. The molecule has 0 saturated heterocycles. The van der Waals surface area contributed by atoms with Crippen molar-refractivity contribution in [3.8, 4) is 22.6 Å². The summed E-state index contributed by atoms with van der Waals surface area (Å²) in [7, 11) is 0. The van der Waals surface area contributed by atoms with Gasteiger partial charge < -0.3 is 20.4 Å². The Morgan fingerprint density at radius 3 is 2.31 bits per heavy atom. The van der Waals surface area contributed by atoms with E-state index in [2.05, 4.69) is 0 Å². The number of hydrogen-bond acceptors (Lipinski definition) is 6. The number of hydrogen-bond donors (Lipinski definition) is 4. The van der Waals surface area contributed by atoms with Gasteiger partial charge in [-0.05, 0) is 35.2 Å². The summed E-state index contributed by atoms with van der Waals surface area (Å²) in [6, 6.07) is 6.04. The van der Waals surface area contributed by atoms with Crippen molar-refractivity contribution < 1.29 is 30.0 Å². The van der Waals surface area contributed by atoms with Crippen molar-refractivity contribution in [1.29, 1.82) is 0 Å². The van der Waals surface area contributed by atoms with E-state index in [1.165, 1.54) is 12.1 Å². The second-order valence-corrected chi connectivity index (χ2v) is 7.32. The van der Waals surface area contributed by atoms with Gasteiger partial charge in [0.1, 0.15) is 17.1 Å². The Balaban J connectivity index is 1.98. The van der Waals surface area contributed by atoms with Gasteiger partial charge in [0, 0.05) is 24.3 Å². The summed E-state index contributed by atoms with van der Waals surface area (Å²) < 4.78 is 0. The van der Waals surface area contributed by atoms with Crippen molar-refractivity contribution in [3.63, 3.8) is 0 Å². The fourth-order valence-corrected chi connectivity index (χ4v) is 5.03. The molecule has 0 saturated carbocycles. The highest BCUT2D eigenvalue weighted by Crippen LogP contribution is 2.60. The maximum atomic E-state index is 12.5. The van der Waals surface area contributed by atoms with Gasteiger partial charge in [0.25, 0.3) is 0 Å². The SMILES string of the molecule is O=C1C[C@H](O)[C@@H]2c3c(ccc(O)c31)-c1ccc(O)c3c1[C@@]2(O)CCC3=O. The Morgan fingerprint density at radius 1 is 0.923 bits per heavy atom. The van der Waals surface area contributed by atoms with Crippen LogP contribution in [-0.4, -0.2) is 38.1 Å². The third kappa shape index (κ3) is 1.63. The number of aromatic hydroxyl groups is 2. The van der Waals surface area contributed by atoms with E-state index in [0.717, 1.165) is 0 Å². The van der Waals surface area contributed by atoms with E-state index in [-0.39, 0.29) is 53.5 Å². The summed E-state index contributed by atoms with van der Waals surface area (Å²) in [6.45, 7) is 0. The first-order valence-corrected chi connectivity index (χ1v) is 8.54. The van der Waals surface area contributed by atoms with Gasteiger partial charge in [0.2, 0.25) is 0 Å². The van der Waals surface area contributed by atoms with Crippen LogP contribution < -0.4 is 0 Å². The smallest absolute Gasteiger partial charge is 0.169 e. The second kappa shape index (κ2) is 4.72. The Bertz CT molecular complexity index is 1020. The molecule has 3 aliphatic rings. The van der Waals surface area contributed by atoms with E-state index in [4.69, 9.17) is 0 Å². The summed E-state index contributed by atoms with van der Waals surface area (Å²) in [6.07, 6.45) is -1.24. The number of phenols is 2.